The Balaban J connectivity index is 2.41. The summed E-state index contributed by atoms with van der Waals surface area (Å²) in [7, 11) is 0. The first-order valence-corrected chi connectivity index (χ1v) is 5.11. The van der Waals surface area contributed by atoms with Gasteiger partial charge >= 0.3 is 0 Å². The van der Waals surface area contributed by atoms with E-state index in [0.29, 0.717) is 5.56 Å². The van der Waals surface area contributed by atoms with Crippen LogP contribution in [0.5, 0.6) is 0 Å². The van der Waals surface area contributed by atoms with Crippen molar-refractivity contribution in [1.29, 1.82) is 0 Å². The van der Waals surface area contributed by atoms with Gasteiger partial charge in [-0.25, -0.2) is 8.78 Å². The third kappa shape index (κ3) is 2.19. The van der Waals surface area contributed by atoms with Gasteiger partial charge in [-0.2, -0.15) is 0 Å². The van der Waals surface area contributed by atoms with Crippen LogP contribution in [0.4, 0.5) is 8.78 Å². The topological polar surface area (TPSA) is 12.9 Å². The van der Waals surface area contributed by atoms with E-state index in [1.54, 1.807) is 18.3 Å². The first-order chi connectivity index (χ1) is 7.68. The smallest absolute Gasteiger partial charge is 0.128 e. The van der Waals surface area contributed by atoms with Crippen molar-refractivity contribution in [2.45, 2.75) is 5.38 Å². The lowest BCUT2D eigenvalue weighted by atomic mass is 10.1. The van der Waals surface area contributed by atoms with Gasteiger partial charge in [0.05, 0.1) is 5.38 Å². The summed E-state index contributed by atoms with van der Waals surface area (Å²) < 4.78 is 26.4. The third-order valence-electron chi connectivity index (χ3n) is 2.21. The van der Waals surface area contributed by atoms with Crippen LogP contribution in [0, 0.1) is 11.6 Å². The van der Waals surface area contributed by atoms with Crippen LogP contribution in [0.25, 0.3) is 0 Å². The summed E-state index contributed by atoms with van der Waals surface area (Å²) in [5.41, 5.74) is 0.753. The molecule has 0 saturated heterocycles. The molecule has 0 fully saturated rings. The van der Waals surface area contributed by atoms with E-state index in [0.717, 1.165) is 18.2 Å². The second kappa shape index (κ2) is 4.58. The van der Waals surface area contributed by atoms with Gasteiger partial charge < -0.3 is 0 Å². The van der Waals surface area contributed by atoms with Crippen molar-refractivity contribution in [3.63, 3.8) is 0 Å². The molecule has 2 aromatic rings. The van der Waals surface area contributed by atoms with Crippen LogP contribution in [-0.2, 0) is 0 Å². The largest absolute Gasteiger partial charge is 0.264 e. The molecule has 4 heteroatoms. The summed E-state index contributed by atoms with van der Waals surface area (Å²) in [5.74, 6) is -1.03. The predicted octanol–water partition coefficient (Wildman–Crippen LogP) is 3.69. The Morgan fingerprint density at radius 1 is 1.19 bits per heavy atom. The second-order valence-corrected chi connectivity index (χ2v) is 3.75. The highest BCUT2D eigenvalue weighted by Crippen LogP contribution is 2.30. The number of hydrogen-bond donors (Lipinski definition) is 0. The van der Waals surface area contributed by atoms with Gasteiger partial charge in [0.2, 0.25) is 0 Å². The van der Waals surface area contributed by atoms with E-state index in [-0.39, 0.29) is 5.56 Å². The number of alkyl halides is 1. The lowest BCUT2D eigenvalue weighted by Gasteiger charge is -2.10. The molecule has 0 aliphatic rings. The number of benzene rings is 1. The van der Waals surface area contributed by atoms with E-state index >= 15 is 0 Å². The van der Waals surface area contributed by atoms with E-state index in [9.17, 15) is 8.78 Å². The van der Waals surface area contributed by atoms with Gasteiger partial charge in [-0.05, 0) is 29.8 Å². The maximum absolute atomic E-state index is 13.4. The highest BCUT2D eigenvalue weighted by molar-refractivity contribution is 6.22. The summed E-state index contributed by atoms with van der Waals surface area (Å²) in [6.45, 7) is 0. The highest BCUT2D eigenvalue weighted by Gasteiger charge is 2.15. The summed E-state index contributed by atoms with van der Waals surface area (Å²) in [6.07, 6.45) is 3.12. The number of nitrogens with zero attached hydrogens (tertiary/aromatic N) is 1. The normalized spacial score (nSPS) is 12.4. The molecular formula is C12H8ClF2N. The van der Waals surface area contributed by atoms with E-state index in [4.69, 9.17) is 11.6 Å². The summed E-state index contributed by atoms with van der Waals surface area (Å²) in [5, 5.41) is -0.732. The molecule has 16 heavy (non-hydrogen) atoms. The van der Waals surface area contributed by atoms with Crippen LogP contribution in [0.15, 0.2) is 42.7 Å². The van der Waals surface area contributed by atoms with Gasteiger partial charge in [-0.3, -0.25) is 4.98 Å². The third-order valence-corrected chi connectivity index (χ3v) is 2.70. The fourth-order valence-electron chi connectivity index (χ4n) is 1.41. The van der Waals surface area contributed by atoms with E-state index in [2.05, 4.69) is 4.98 Å². The number of halogens is 3. The zero-order valence-corrected chi connectivity index (χ0v) is 8.96. The quantitative estimate of drug-likeness (QED) is 0.729. The molecule has 0 bridgehead atoms. The van der Waals surface area contributed by atoms with Gasteiger partial charge in [0.15, 0.2) is 0 Å². The maximum atomic E-state index is 13.4. The predicted molar refractivity (Wildman–Crippen MR) is 58.3 cm³/mol. The monoisotopic (exact) mass is 239 g/mol. The van der Waals surface area contributed by atoms with Crippen LogP contribution < -0.4 is 0 Å². The fraction of sp³-hybridized carbons (Fsp3) is 0.0833. The lowest BCUT2D eigenvalue weighted by Crippen LogP contribution is -1.98. The minimum Gasteiger partial charge on any atom is -0.264 e. The van der Waals surface area contributed by atoms with Crippen molar-refractivity contribution in [2.75, 3.05) is 0 Å². The molecule has 1 heterocycles. The van der Waals surface area contributed by atoms with E-state index in [1.165, 1.54) is 6.20 Å². The Morgan fingerprint density at radius 3 is 2.69 bits per heavy atom. The van der Waals surface area contributed by atoms with Gasteiger partial charge in [0, 0.05) is 18.0 Å². The molecule has 0 spiro atoms. The molecular weight excluding hydrogens is 232 g/mol. The van der Waals surface area contributed by atoms with Crippen LogP contribution in [0.2, 0.25) is 0 Å². The molecule has 0 radical (unpaired) electrons. The average molecular weight is 240 g/mol. The Morgan fingerprint density at radius 2 is 2.00 bits per heavy atom. The Labute approximate surface area is 96.7 Å². The number of hydrogen-bond acceptors (Lipinski definition) is 1. The standard InChI is InChI=1S/C12H8ClF2N/c13-12(8-2-1-5-16-7-8)10-6-9(14)3-4-11(10)15/h1-7,12H. The average Bonchev–Trinajstić information content (AvgIpc) is 2.32. The number of pyridine rings is 1. The maximum Gasteiger partial charge on any atom is 0.128 e. The minimum absolute atomic E-state index is 0.120. The highest BCUT2D eigenvalue weighted by atomic mass is 35.5. The molecule has 82 valence electrons. The van der Waals surface area contributed by atoms with Gasteiger partial charge in [0.25, 0.3) is 0 Å². The summed E-state index contributed by atoms with van der Waals surface area (Å²) >= 11 is 6.06. The molecule has 1 aromatic heterocycles. The van der Waals surface area contributed by atoms with Crippen molar-refractivity contribution < 1.29 is 8.78 Å². The Hall–Kier alpha value is -1.48. The molecule has 0 amide bonds. The first kappa shape index (κ1) is 11.0. The van der Waals surface area contributed by atoms with Crippen molar-refractivity contribution in [2.24, 2.45) is 0 Å². The summed E-state index contributed by atoms with van der Waals surface area (Å²) in [6, 6.07) is 6.64. The van der Waals surface area contributed by atoms with E-state index in [1.807, 2.05) is 0 Å². The number of rotatable bonds is 2. The van der Waals surface area contributed by atoms with Crippen molar-refractivity contribution >= 4 is 11.6 Å². The molecule has 0 N–H and O–H groups in total. The molecule has 0 aliphatic heterocycles. The summed E-state index contributed by atoms with van der Waals surface area (Å²) in [4.78, 5) is 3.88. The molecule has 1 nitrogen and oxygen atoms in total. The molecule has 2 rings (SSSR count). The molecule has 1 aromatic carbocycles. The van der Waals surface area contributed by atoms with Crippen LogP contribution in [0.3, 0.4) is 0 Å². The fourth-order valence-corrected chi connectivity index (χ4v) is 1.71. The first-order valence-electron chi connectivity index (χ1n) is 4.67. The lowest BCUT2D eigenvalue weighted by molar-refractivity contribution is 0.587. The minimum atomic E-state index is -0.732. The second-order valence-electron chi connectivity index (χ2n) is 3.31. The van der Waals surface area contributed by atoms with Crippen molar-refractivity contribution in [1.82, 2.24) is 4.98 Å². The zero-order valence-electron chi connectivity index (χ0n) is 8.20. The van der Waals surface area contributed by atoms with Gasteiger partial charge in [0.1, 0.15) is 11.6 Å². The molecule has 1 atom stereocenters. The van der Waals surface area contributed by atoms with Crippen LogP contribution >= 0.6 is 11.6 Å². The Kier molecular flexibility index (Phi) is 3.15. The van der Waals surface area contributed by atoms with Gasteiger partial charge in [-0.1, -0.05) is 6.07 Å². The van der Waals surface area contributed by atoms with Crippen molar-refractivity contribution in [3.8, 4) is 0 Å². The van der Waals surface area contributed by atoms with Crippen molar-refractivity contribution in [3.05, 3.63) is 65.5 Å². The van der Waals surface area contributed by atoms with Crippen LogP contribution in [-0.4, -0.2) is 4.98 Å². The zero-order chi connectivity index (χ0) is 11.5. The van der Waals surface area contributed by atoms with Gasteiger partial charge in [-0.15, -0.1) is 11.6 Å². The van der Waals surface area contributed by atoms with E-state index < -0.39 is 17.0 Å². The number of aromatic nitrogens is 1. The van der Waals surface area contributed by atoms with Crippen LogP contribution in [0.1, 0.15) is 16.5 Å². The molecule has 0 saturated carbocycles. The molecule has 1 unspecified atom stereocenters. The Bertz CT molecular complexity index is 488. The molecule has 0 aliphatic carbocycles. The SMILES string of the molecule is Fc1ccc(F)c(C(Cl)c2cccnc2)c1.